The van der Waals surface area contributed by atoms with Crippen LogP contribution in [0.25, 0.3) is 0 Å². The van der Waals surface area contributed by atoms with Crippen LogP contribution < -0.4 is 9.47 Å². The Morgan fingerprint density at radius 3 is 2.47 bits per heavy atom. The zero-order valence-corrected chi connectivity index (χ0v) is 11.7. The Morgan fingerprint density at radius 2 is 1.84 bits per heavy atom. The van der Waals surface area contributed by atoms with Crippen LogP contribution in [0.5, 0.6) is 11.5 Å². The van der Waals surface area contributed by atoms with Gasteiger partial charge in [0, 0.05) is 18.2 Å². The van der Waals surface area contributed by atoms with Crippen LogP contribution in [0, 0.1) is 0 Å². The van der Waals surface area contributed by atoms with Crippen molar-refractivity contribution in [3.8, 4) is 11.5 Å². The first-order valence-corrected chi connectivity index (χ1v) is 7.98. The number of Topliss-reactive ketones (excluding diaryl/α,β-unsaturated/α-hetero) is 1. The molecule has 0 aromatic heterocycles. The van der Waals surface area contributed by atoms with Crippen LogP contribution in [0.2, 0.25) is 0 Å². The van der Waals surface area contributed by atoms with E-state index in [1.807, 2.05) is 0 Å². The average Bonchev–Trinajstić information content (AvgIpc) is 2.60. The van der Waals surface area contributed by atoms with Gasteiger partial charge in [0.25, 0.3) is 0 Å². The number of ether oxygens (including phenoxy) is 2. The van der Waals surface area contributed by atoms with Gasteiger partial charge in [-0.1, -0.05) is 0 Å². The average molecular weight is 284 g/mol. The first kappa shape index (κ1) is 13.9. The molecular weight excluding hydrogens is 268 g/mol. The Labute approximate surface area is 112 Å². The lowest BCUT2D eigenvalue weighted by Gasteiger charge is -2.11. The second-order valence-corrected chi connectivity index (χ2v) is 6.91. The van der Waals surface area contributed by atoms with E-state index in [0.717, 1.165) is 12.7 Å². The topological polar surface area (TPSA) is 69.7 Å². The molecule has 1 atom stereocenters. The summed E-state index contributed by atoms with van der Waals surface area (Å²) in [6.45, 7) is 2.48. The van der Waals surface area contributed by atoms with Gasteiger partial charge >= 0.3 is 0 Å². The van der Waals surface area contributed by atoms with E-state index in [1.165, 1.54) is 6.92 Å². The summed E-state index contributed by atoms with van der Waals surface area (Å²) in [7, 11) is -3.40. The lowest BCUT2D eigenvalue weighted by Crippen LogP contribution is -2.26. The summed E-state index contributed by atoms with van der Waals surface area (Å²) in [6.07, 6.45) is 1.83. The molecule has 1 aliphatic heterocycles. The summed E-state index contributed by atoms with van der Waals surface area (Å²) < 4.78 is 33.8. The van der Waals surface area contributed by atoms with E-state index in [1.54, 1.807) is 18.2 Å². The van der Waals surface area contributed by atoms with Gasteiger partial charge in [0.15, 0.2) is 27.1 Å². The minimum Gasteiger partial charge on any atom is -0.490 e. The number of ketones is 1. The minimum absolute atomic E-state index is 0.321. The fraction of sp³-hybridized carbons (Fsp3) is 0.462. The second kappa shape index (κ2) is 5.21. The third-order valence-electron chi connectivity index (χ3n) is 3.04. The van der Waals surface area contributed by atoms with Crippen molar-refractivity contribution in [1.29, 1.82) is 0 Å². The molecule has 0 saturated heterocycles. The van der Waals surface area contributed by atoms with Gasteiger partial charge in [0.1, 0.15) is 5.25 Å². The molecule has 1 aliphatic rings. The molecule has 104 valence electrons. The molecular formula is C13H16O5S. The third-order valence-corrected chi connectivity index (χ3v) is 4.54. The number of sulfone groups is 1. The highest BCUT2D eigenvalue weighted by molar-refractivity contribution is 7.92. The Morgan fingerprint density at radius 1 is 1.21 bits per heavy atom. The van der Waals surface area contributed by atoms with Gasteiger partial charge in [0.05, 0.1) is 13.2 Å². The largest absolute Gasteiger partial charge is 0.490 e. The third kappa shape index (κ3) is 3.07. The van der Waals surface area contributed by atoms with E-state index in [0.29, 0.717) is 30.3 Å². The number of rotatable bonds is 3. The summed E-state index contributed by atoms with van der Waals surface area (Å²) in [6, 6.07) is 4.76. The fourth-order valence-corrected chi connectivity index (χ4v) is 2.27. The molecule has 0 aliphatic carbocycles. The van der Waals surface area contributed by atoms with Gasteiger partial charge < -0.3 is 9.47 Å². The monoisotopic (exact) mass is 284 g/mol. The van der Waals surface area contributed by atoms with Crippen LogP contribution in [0.1, 0.15) is 23.7 Å². The first-order chi connectivity index (χ1) is 8.89. The Kier molecular flexibility index (Phi) is 3.80. The fourth-order valence-electron chi connectivity index (χ4n) is 1.75. The van der Waals surface area contributed by atoms with Crippen molar-refractivity contribution < 1.29 is 22.7 Å². The summed E-state index contributed by atoms with van der Waals surface area (Å²) in [5.41, 5.74) is 0.321. The molecule has 1 heterocycles. The highest BCUT2D eigenvalue weighted by Gasteiger charge is 2.25. The Bertz CT molecular complexity index is 591. The lowest BCUT2D eigenvalue weighted by molar-refractivity contribution is 0.0991. The molecule has 1 unspecified atom stereocenters. The molecule has 0 N–H and O–H groups in total. The van der Waals surface area contributed by atoms with Gasteiger partial charge in [0.2, 0.25) is 0 Å². The van der Waals surface area contributed by atoms with Crippen molar-refractivity contribution in [3.63, 3.8) is 0 Å². The van der Waals surface area contributed by atoms with Gasteiger partial charge in [-0.05, 0) is 25.1 Å². The van der Waals surface area contributed by atoms with Crippen LogP contribution in [0.4, 0.5) is 0 Å². The maximum Gasteiger partial charge on any atom is 0.180 e. The van der Waals surface area contributed by atoms with Gasteiger partial charge in [-0.25, -0.2) is 8.42 Å². The van der Waals surface area contributed by atoms with Crippen molar-refractivity contribution in [2.45, 2.75) is 18.6 Å². The zero-order chi connectivity index (χ0) is 14.0. The van der Waals surface area contributed by atoms with Crippen molar-refractivity contribution in [2.24, 2.45) is 0 Å². The van der Waals surface area contributed by atoms with Crippen molar-refractivity contribution >= 4 is 15.6 Å². The lowest BCUT2D eigenvalue weighted by atomic mass is 10.1. The zero-order valence-electron chi connectivity index (χ0n) is 10.9. The molecule has 1 aromatic rings. The number of benzene rings is 1. The standard InChI is InChI=1S/C13H16O5S/c1-9(19(2,15)16)13(14)10-4-5-11-12(8-10)18-7-3-6-17-11/h4-5,8-9H,3,6-7H2,1-2H3. The molecule has 0 bridgehead atoms. The van der Waals surface area contributed by atoms with E-state index in [-0.39, 0.29) is 0 Å². The summed E-state index contributed by atoms with van der Waals surface area (Å²) >= 11 is 0. The molecule has 1 aromatic carbocycles. The van der Waals surface area contributed by atoms with E-state index in [9.17, 15) is 13.2 Å². The molecule has 0 spiro atoms. The molecule has 6 heteroatoms. The van der Waals surface area contributed by atoms with Gasteiger partial charge in [-0.15, -0.1) is 0 Å². The number of hydrogen-bond acceptors (Lipinski definition) is 5. The first-order valence-electron chi connectivity index (χ1n) is 6.02. The molecule has 0 fully saturated rings. The van der Waals surface area contributed by atoms with E-state index in [2.05, 4.69) is 0 Å². The smallest absolute Gasteiger partial charge is 0.180 e. The van der Waals surface area contributed by atoms with Crippen LogP contribution >= 0.6 is 0 Å². The highest BCUT2D eigenvalue weighted by atomic mass is 32.2. The predicted molar refractivity (Wildman–Crippen MR) is 70.7 cm³/mol. The van der Waals surface area contributed by atoms with Crippen molar-refractivity contribution in [3.05, 3.63) is 23.8 Å². The SMILES string of the molecule is CC(C(=O)c1ccc2c(c1)OCCCO2)S(C)(=O)=O. The minimum atomic E-state index is -3.40. The van der Waals surface area contributed by atoms with Gasteiger partial charge in [-0.3, -0.25) is 4.79 Å². The maximum absolute atomic E-state index is 12.1. The molecule has 19 heavy (non-hydrogen) atoms. The van der Waals surface area contributed by atoms with E-state index in [4.69, 9.17) is 9.47 Å². The Hall–Kier alpha value is -1.56. The number of carbonyl (C=O) groups excluding carboxylic acids is 1. The van der Waals surface area contributed by atoms with Crippen molar-refractivity contribution in [1.82, 2.24) is 0 Å². The van der Waals surface area contributed by atoms with E-state index >= 15 is 0 Å². The number of hydrogen-bond donors (Lipinski definition) is 0. The van der Waals surface area contributed by atoms with Crippen molar-refractivity contribution in [2.75, 3.05) is 19.5 Å². The summed E-state index contributed by atoms with van der Waals surface area (Å²) in [5.74, 6) is 0.642. The second-order valence-electron chi connectivity index (χ2n) is 4.55. The number of carbonyl (C=O) groups is 1. The molecule has 2 rings (SSSR count). The number of fused-ring (bicyclic) bond motifs is 1. The van der Waals surface area contributed by atoms with Crippen LogP contribution in [0.3, 0.4) is 0 Å². The maximum atomic E-state index is 12.1. The van der Waals surface area contributed by atoms with Crippen LogP contribution in [0.15, 0.2) is 18.2 Å². The molecule has 0 amide bonds. The molecule has 0 saturated carbocycles. The summed E-state index contributed by atoms with van der Waals surface area (Å²) in [4.78, 5) is 12.1. The van der Waals surface area contributed by atoms with Gasteiger partial charge in [-0.2, -0.15) is 0 Å². The normalized spacial score (nSPS) is 16.5. The predicted octanol–water partition coefficient (Wildman–Crippen LogP) is 1.46. The summed E-state index contributed by atoms with van der Waals surface area (Å²) in [5, 5.41) is -1.06. The van der Waals surface area contributed by atoms with E-state index < -0.39 is 20.9 Å². The molecule has 5 nitrogen and oxygen atoms in total. The quantitative estimate of drug-likeness (QED) is 0.786. The van der Waals surface area contributed by atoms with Crippen LogP contribution in [-0.4, -0.2) is 38.9 Å². The van der Waals surface area contributed by atoms with Crippen LogP contribution in [-0.2, 0) is 9.84 Å². The Balaban J connectivity index is 2.32. The highest BCUT2D eigenvalue weighted by Crippen LogP contribution is 2.31. The molecule has 0 radical (unpaired) electrons.